The minimum absolute atomic E-state index is 0. The van der Waals surface area contributed by atoms with Gasteiger partial charge in [-0.05, 0) is 22.2 Å². The van der Waals surface area contributed by atoms with Crippen molar-refractivity contribution >= 4 is 17.5 Å². The largest absolute Gasteiger partial charge is 1.00 e. The second kappa shape index (κ2) is 4.10. The molecule has 0 N–H and O–H groups in total. The van der Waals surface area contributed by atoms with E-state index in [2.05, 4.69) is 25.3 Å². The number of thioether (sulfide) groups is 1. The molecular formula is C6H8BrN5S. The Morgan fingerprint density at radius 1 is 1.31 bits per heavy atom. The normalized spacial score (nSPS) is 20.2. The van der Waals surface area contributed by atoms with E-state index in [0.717, 1.165) is 10.8 Å². The zero-order valence-corrected chi connectivity index (χ0v) is 9.63. The molecular weight excluding hydrogens is 254 g/mol. The summed E-state index contributed by atoms with van der Waals surface area (Å²) in [7, 11) is 2.04. The number of halogens is 1. The molecule has 0 amide bonds. The monoisotopic (exact) mass is 261 g/mol. The van der Waals surface area contributed by atoms with Crippen molar-refractivity contribution in [3.8, 4) is 0 Å². The third kappa shape index (κ3) is 1.86. The van der Waals surface area contributed by atoms with E-state index in [0.29, 0.717) is 5.82 Å². The number of allylic oxidation sites excluding steroid dienone is 1. The van der Waals surface area contributed by atoms with Crippen molar-refractivity contribution in [2.75, 3.05) is 12.9 Å². The topological polar surface area (TPSA) is 52.4 Å². The summed E-state index contributed by atoms with van der Waals surface area (Å²) in [6.07, 6.45) is 0. The number of nitrogens with zero attached hydrogens (tertiary/aromatic N) is 5. The van der Waals surface area contributed by atoms with Gasteiger partial charge in [0.1, 0.15) is 12.0 Å². The molecule has 2 aliphatic heterocycles. The average Bonchev–Trinajstić information content (AvgIpc) is 2.64. The van der Waals surface area contributed by atoms with Gasteiger partial charge in [0.2, 0.25) is 5.82 Å². The molecule has 0 aromatic heterocycles. The van der Waals surface area contributed by atoms with Gasteiger partial charge in [0.05, 0.1) is 0 Å². The Labute approximate surface area is 90.5 Å². The van der Waals surface area contributed by atoms with Gasteiger partial charge in [0.15, 0.2) is 11.6 Å². The molecule has 0 aromatic carbocycles. The van der Waals surface area contributed by atoms with E-state index in [1.807, 2.05) is 14.0 Å². The van der Waals surface area contributed by atoms with Crippen LogP contribution in [0.1, 0.15) is 6.92 Å². The molecule has 0 saturated carbocycles. The Hall–Kier alpha value is -0.560. The summed E-state index contributed by atoms with van der Waals surface area (Å²) in [6, 6.07) is 0. The molecule has 7 heteroatoms. The van der Waals surface area contributed by atoms with Crippen LogP contribution in [0.5, 0.6) is 0 Å². The highest BCUT2D eigenvalue weighted by Gasteiger charge is 2.26. The predicted octanol–water partition coefficient (Wildman–Crippen LogP) is -1.20. The Balaban J connectivity index is 0.000000845. The van der Waals surface area contributed by atoms with Gasteiger partial charge in [-0.3, -0.25) is 0 Å². The van der Waals surface area contributed by atoms with Gasteiger partial charge < -0.3 is 17.0 Å². The Kier molecular flexibility index (Phi) is 3.32. The fraction of sp³-hybridized carbons (Fsp3) is 0.500. The van der Waals surface area contributed by atoms with E-state index in [1.165, 1.54) is 5.71 Å². The quantitative estimate of drug-likeness (QED) is 0.506. The summed E-state index contributed by atoms with van der Waals surface area (Å²) in [5, 5.41) is 14.5. The molecule has 5 nitrogen and oxygen atoms in total. The summed E-state index contributed by atoms with van der Waals surface area (Å²) in [6.45, 7) is 2.05. The Bertz CT molecular complexity index is 329. The maximum atomic E-state index is 3.81. The maximum Gasteiger partial charge on any atom is 0.220 e. The first-order valence-corrected chi connectivity index (χ1v) is 4.51. The van der Waals surface area contributed by atoms with Gasteiger partial charge in [0, 0.05) is 6.92 Å². The van der Waals surface area contributed by atoms with Gasteiger partial charge in [-0.15, -0.1) is 10.2 Å². The van der Waals surface area contributed by atoms with E-state index < -0.39 is 0 Å². The van der Waals surface area contributed by atoms with Crippen molar-refractivity contribution < 1.29 is 21.6 Å². The molecule has 0 fully saturated rings. The minimum atomic E-state index is 0. The predicted molar refractivity (Wildman–Crippen MR) is 46.1 cm³/mol. The van der Waals surface area contributed by atoms with E-state index in [-0.39, 0.29) is 17.0 Å². The molecule has 0 atom stereocenters. The van der Waals surface area contributed by atoms with Crippen molar-refractivity contribution in [3.63, 3.8) is 0 Å². The van der Waals surface area contributed by atoms with Crippen LogP contribution in [0.2, 0.25) is 0 Å². The van der Waals surface area contributed by atoms with Crippen LogP contribution in [0, 0.1) is 0 Å². The van der Waals surface area contributed by atoms with Crippen LogP contribution in [-0.4, -0.2) is 23.2 Å². The first-order chi connectivity index (χ1) is 5.79. The lowest BCUT2D eigenvalue weighted by molar-refractivity contribution is -0.472. The van der Waals surface area contributed by atoms with Gasteiger partial charge >= 0.3 is 0 Å². The molecule has 0 unspecified atom stereocenters. The third-order valence-corrected chi connectivity index (χ3v) is 3.11. The van der Waals surface area contributed by atoms with Crippen molar-refractivity contribution in [1.29, 1.82) is 0 Å². The summed E-state index contributed by atoms with van der Waals surface area (Å²) in [5.74, 6) is 1.59. The molecule has 0 saturated heterocycles. The zero-order chi connectivity index (χ0) is 8.55. The molecule has 13 heavy (non-hydrogen) atoms. The lowest BCUT2D eigenvalue weighted by Crippen LogP contribution is -3.00. The molecule has 2 heterocycles. The summed E-state index contributed by atoms with van der Waals surface area (Å²) >= 11 is 1.72. The van der Waals surface area contributed by atoms with E-state index in [4.69, 9.17) is 0 Å². The van der Waals surface area contributed by atoms with Gasteiger partial charge in [-0.1, -0.05) is 0 Å². The maximum absolute atomic E-state index is 3.81. The van der Waals surface area contributed by atoms with E-state index in [9.17, 15) is 0 Å². The van der Waals surface area contributed by atoms with Crippen LogP contribution in [0.3, 0.4) is 0 Å². The second-order valence-electron chi connectivity index (χ2n) is 2.59. The van der Waals surface area contributed by atoms with E-state index in [1.54, 1.807) is 11.8 Å². The summed E-state index contributed by atoms with van der Waals surface area (Å²) < 4.78 is 2.15. The highest BCUT2D eigenvalue weighted by molar-refractivity contribution is 8.04. The van der Waals surface area contributed by atoms with Crippen molar-refractivity contribution in [2.45, 2.75) is 6.92 Å². The number of hydrogen-bond donors (Lipinski definition) is 0. The molecule has 0 aromatic rings. The van der Waals surface area contributed by atoms with Gasteiger partial charge in [-0.2, -0.15) is 0 Å². The van der Waals surface area contributed by atoms with Crippen molar-refractivity contribution in [2.24, 2.45) is 20.7 Å². The summed E-state index contributed by atoms with van der Waals surface area (Å²) in [4.78, 5) is 1.09. The highest BCUT2D eigenvalue weighted by atomic mass is 79.9. The van der Waals surface area contributed by atoms with Crippen molar-refractivity contribution in [1.82, 2.24) is 0 Å². The number of hydrogen-bond acceptors (Lipinski definition) is 5. The lowest BCUT2D eigenvalue weighted by atomic mass is 10.4. The minimum Gasteiger partial charge on any atom is -1.00 e. The fourth-order valence-electron chi connectivity index (χ4n) is 0.998. The standard InChI is InChI=1S/C6H8N5S.BrH/c1-4-5(12-3-11(4)2)6-7-9-10-8-6;/h3H2,1-2H3;1H/q+1;/p-1. The van der Waals surface area contributed by atoms with Gasteiger partial charge in [0.25, 0.3) is 0 Å². The molecule has 70 valence electrons. The van der Waals surface area contributed by atoms with Crippen LogP contribution >= 0.6 is 11.8 Å². The fourth-order valence-corrected chi connectivity index (χ4v) is 2.09. The second-order valence-corrected chi connectivity index (χ2v) is 3.54. The molecule has 0 bridgehead atoms. The van der Waals surface area contributed by atoms with Crippen LogP contribution in [0.4, 0.5) is 0 Å². The first kappa shape index (κ1) is 10.5. The number of rotatable bonds is 0. The molecule has 0 spiro atoms. The first-order valence-electron chi connectivity index (χ1n) is 3.53. The molecule has 2 aliphatic rings. The molecule has 0 radical (unpaired) electrons. The van der Waals surface area contributed by atoms with Crippen LogP contribution in [-0.2, 0) is 0 Å². The Morgan fingerprint density at radius 2 is 1.92 bits per heavy atom. The van der Waals surface area contributed by atoms with Gasteiger partial charge in [-0.25, -0.2) is 4.58 Å². The highest BCUT2D eigenvalue weighted by Crippen LogP contribution is 2.29. The molecule has 2 rings (SSSR count). The Morgan fingerprint density at radius 3 is 2.38 bits per heavy atom. The van der Waals surface area contributed by atoms with Crippen LogP contribution in [0.15, 0.2) is 31.4 Å². The lowest BCUT2D eigenvalue weighted by Gasteiger charge is -1.88. The third-order valence-electron chi connectivity index (χ3n) is 1.83. The van der Waals surface area contributed by atoms with Crippen molar-refractivity contribution in [3.05, 3.63) is 10.7 Å². The smallest absolute Gasteiger partial charge is 0.220 e. The van der Waals surface area contributed by atoms with Crippen LogP contribution < -0.4 is 17.0 Å². The van der Waals surface area contributed by atoms with E-state index >= 15 is 0 Å². The average molecular weight is 262 g/mol. The zero-order valence-electron chi connectivity index (χ0n) is 7.23. The summed E-state index contributed by atoms with van der Waals surface area (Å²) in [5.41, 5.74) is 1.19. The SMILES string of the molecule is CC1=[N+](C)CSC1=C1N=NN=N1.[Br-]. The van der Waals surface area contributed by atoms with Crippen LogP contribution in [0.25, 0.3) is 0 Å². The molecule has 0 aliphatic carbocycles.